The van der Waals surface area contributed by atoms with E-state index in [0.29, 0.717) is 5.92 Å². The molecule has 1 saturated carbocycles. The first-order chi connectivity index (χ1) is 9.64. The van der Waals surface area contributed by atoms with E-state index < -0.39 is 5.60 Å². The SMILES string of the molecule is COc1ccc(C2NCCC3(O)CCCCC23)cc1C. The first kappa shape index (κ1) is 13.9. The average molecular weight is 275 g/mol. The van der Waals surface area contributed by atoms with Crippen LogP contribution in [0.5, 0.6) is 5.75 Å². The molecule has 1 saturated heterocycles. The van der Waals surface area contributed by atoms with Crippen LogP contribution in [-0.4, -0.2) is 24.4 Å². The van der Waals surface area contributed by atoms with Crippen LogP contribution in [0.2, 0.25) is 0 Å². The van der Waals surface area contributed by atoms with Crippen molar-refractivity contribution in [3.05, 3.63) is 29.3 Å². The van der Waals surface area contributed by atoms with Gasteiger partial charge in [0.15, 0.2) is 0 Å². The van der Waals surface area contributed by atoms with Gasteiger partial charge < -0.3 is 15.2 Å². The largest absolute Gasteiger partial charge is 0.496 e. The third kappa shape index (κ3) is 2.33. The number of benzene rings is 1. The lowest BCUT2D eigenvalue weighted by Gasteiger charge is -2.48. The molecular formula is C17H25NO2. The zero-order valence-electron chi connectivity index (χ0n) is 12.5. The highest BCUT2D eigenvalue weighted by Crippen LogP contribution is 2.45. The molecule has 20 heavy (non-hydrogen) atoms. The molecule has 3 rings (SSSR count). The Morgan fingerprint density at radius 3 is 2.90 bits per heavy atom. The minimum atomic E-state index is -0.456. The molecule has 1 aliphatic heterocycles. The Balaban J connectivity index is 1.90. The van der Waals surface area contributed by atoms with Crippen LogP contribution in [0, 0.1) is 12.8 Å². The van der Waals surface area contributed by atoms with Crippen LogP contribution in [-0.2, 0) is 0 Å². The van der Waals surface area contributed by atoms with Crippen molar-refractivity contribution in [3.8, 4) is 5.75 Å². The molecular weight excluding hydrogens is 250 g/mol. The van der Waals surface area contributed by atoms with E-state index in [1.54, 1.807) is 7.11 Å². The van der Waals surface area contributed by atoms with E-state index in [-0.39, 0.29) is 6.04 Å². The zero-order valence-corrected chi connectivity index (χ0v) is 12.5. The number of methoxy groups -OCH3 is 1. The van der Waals surface area contributed by atoms with E-state index in [1.807, 2.05) is 6.07 Å². The molecule has 1 heterocycles. The van der Waals surface area contributed by atoms with Crippen molar-refractivity contribution in [2.75, 3.05) is 13.7 Å². The van der Waals surface area contributed by atoms with Crippen molar-refractivity contribution in [2.45, 2.75) is 50.7 Å². The summed E-state index contributed by atoms with van der Waals surface area (Å²) < 4.78 is 5.34. The predicted molar refractivity (Wildman–Crippen MR) is 80.0 cm³/mol. The Morgan fingerprint density at radius 1 is 1.30 bits per heavy atom. The van der Waals surface area contributed by atoms with Crippen LogP contribution in [0.15, 0.2) is 18.2 Å². The zero-order chi connectivity index (χ0) is 14.2. The lowest BCUT2D eigenvalue weighted by Crippen LogP contribution is -2.53. The number of hydrogen-bond donors (Lipinski definition) is 2. The second-order valence-corrected chi connectivity index (χ2v) is 6.37. The van der Waals surface area contributed by atoms with E-state index in [9.17, 15) is 5.11 Å². The number of piperidine rings is 1. The fraction of sp³-hybridized carbons (Fsp3) is 0.647. The number of nitrogens with one attached hydrogen (secondary N) is 1. The van der Waals surface area contributed by atoms with Crippen LogP contribution < -0.4 is 10.1 Å². The molecule has 3 atom stereocenters. The predicted octanol–water partition coefficient (Wildman–Crippen LogP) is 2.96. The highest BCUT2D eigenvalue weighted by molar-refractivity contribution is 5.38. The maximum atomic E-state index is 10.9. The lowest BCUT2D eigenvalue weighted by molar-refractivity contribution is -0.0861. The highest BCUT2D eigenvalue weighted by atomic mass is 16.5. The molecule has 0 radical (unpaired) electrons. The average Bonchev–Trinajstić information content (AvgIpc) is 2.45. The molecule has 0 aromatic heterocycles. The van der Waals surface area contributed by atoms with Crippen LogP contribution in [0.25, 0.3) is 0 Å². The highest BCUT2D eigenvalue weighted by Gasteiger charge is 2.45. The van der Waals surface area contributed by atoms with Gasteiger partial charge >= 0.3 is 0 Å². The Bertz CT molecular complexity index is 484. The summed E-state index contributed by atoms with van der Waals surface area (Å²) in [5, 5.41) is 14.6. The van der Waals surface area contributed by atoms with Gasteiger partial charge in [0, 0.05) is 12.0 Å². The maximum Gasteiger partial charge on any atom is 0.121 e. The van der Waals surface area contributed by atoms with E-state index >= 15 is 0 Å². The first-order valence-corrected chi connectivity index (χ1v) is 7.74. The van der Waals surface area contributed by atoms with Gasteiger partial charge in [-0.3, -0.25) is 0 Å². The summed E-state index contributed by atoms with van der Waals surface area (Å²) in [7, 11) is 1.71. The smallest absolute Gasteiger partial charge is 0.121 e. The molecule has 3 heteroatoms. The van der Waals surface area contributed by atoms with Crippen molar-refractivity contribution >= 4 is 0 Å². The molecule has 3 unspecified atom stereocenters. The van der Waals surface area contributed by atoms with Crippen LogP contribution in [0.3, 0.4) is 0 Å². The third-order valence-electron chi connectivity index (χ3n) is 5.17. The molecule has 0 spiro atoms. The van der Waals surface area contributed by atoms with Crippen LogP contribution >= 0.6 is 0 Å². The summed E-state index contributed by atoms with van der Waals surface area (Å²) >= 11 is 0. The van der Waals surface area contributed by atoms with Gasteiger partial charge in [-0.25, -0.2) is 0 Å². The van der Waals surface area contributed by atoms with Crippen molar-refractivity contribution in [1.29, 1.82) is 0 Å². The molecule has 1 aromatic rings. The van der Waals surface area contributed by atoms with Crippen LogP contribution in [0.1, 0.15) is 49.3 Å². The molecule has 1 aromatic carbocycles. The number of aliphatic hydroxyl groups is 1. The molecule has 2 fully saturated rings. The van der Waals surface area contributed by atoms with Gasteiger partial charge in [-0.2, -0.15) is 0 Å². The Labute approximate surface area is 121 Å². The van der Waals surface area contributed by atoms with Gasteiger partial charge in [-0.05, 0) is 49.9 Å². The minimum absolute atomic E-state index is 0.277. The van der Waals surface area contributed by atoms with Gasteiger partial charge in [0.1, 0.15) is 5.75 Å². The van der Waals surface area contributed by atoms with Gasteiger partial charge in [0.05, 0.1) is 12.7 Å². The van der Waals surface area contributed by atoms with Crippen molar-refractivity contribution in [1.82, 2.24) is 5.32 Å². The van der Waals surface area contributed by atoms with E-state index in [2.05, 4.69) is 24.4 Å². The number of ether oxygens (including phenoxy) is 1. The van der Waals surface area contributed by atoms with Crippen molar-refractivity contribution < 1.29 is 9.84 Å². The van der Waals surface area contributed by atoms with Gasteiger partial charge in [0.25, 0.3) is 0 Å². The van der Waals surface area contributed by atoms with Gasteiger partial charge in [-0.1, -0.05) is 25.0 Å². The summed E-state index contributed by atoms with van der Waals surface area (Å²) in [5.74, 6) is 1.28. The van der Waals surface area contributed by atoms with Crippen molar-refractivity contribution in [3.63, 3.8) is 0 Å². The molecule has 110 valence electrons. The minimum Gasteiger partial charge on any atom is -0.496 e. The van der Waals surface area contributed by atoms with Gasteiger partial charge in [0.2, 0.25) is 0 Å². The summed E-state index contributed by atoms with van der Waals surface area (Å²) in [6.07, 6.45) is 5.38. The fourth-order valence-electron chi connectivity index (χ4n) is 4.07. The van der Waals surface area contributed by atoms with Gasteiger partial charge in [-0.15, -0.1) is 0 Å². The van der Waals surface area contributed by atoms with E-state index in [4.69, 9.17) is 4.74 Å². The maximum absolute atomic E-state index is 10.9. The topological polar surface area (TPSA) is 41.5 Å². The normalized spacial score (nSPS) is 33.5. The molecule has 0 bridgehead atoms. The molecule has 3 nitrogen and oxygen atoms in total. The number of rotatable bonds is 2. The summed E-state index contributed by atoms with van der Waals surface area (Å²) in [6, 6.07) is 6.67. The standard InChI is InChI=1S/C17H25NO2/c1-12-11-13(6-7-15(12)20-2)16-14-5-3-4-8-17(14,19)9-10-18-16/h6-7,11,14,16,18-19H,3-5,8-10H2,1-2H3. The van der Waals surface area contributed by atoms with E-state index in [1.165, 1.54) is 18.4 Å². The number of fused-ring (bicyclic) bond motifs is 1. The molecule has 1 aliphatic carbocycles. The Hall–Kier alpha value is -1.06. The fourth-order valence-corrected chi connectivity index (χ4v) is 4.07. The molecule has 2 aliphatic rings. The summed E-state index contributed by atoms with van der Waals surface area (Å²) in [6.45, 7) is 2.99. The first-order valence-electron chi connectivity index (χ1n) is 7.74. The molecule has 2 N–H and O–H groups in total. The van der Waals surface area contributed by atoms with E-state index in [0.717, 1.165) is 37.1 Å². The van der Waals surface area contributed by atoms with Crippen LogP contribution in [0.4, 0.5) is 0 Å². The van der Waals surface area contributed by atoms with Crippen molar-refractivity contribution in [2.24, 2.45) is 5.92 Å². The Morgan fingerprint density at radius 2 is 2.15 bits per heavy atom. The number of aryl methyl sites for hydroxylation is 1. The Kier molecular flexibility index (Phi) is 3.74. The molecule has 0 amide bonds. The second-order valence-electron chi connectivity index (χ2n) is 6.37. The lowest BCUT2D eigenvalue weighted by atomic mass is 9.67. The monoisotopic (exact) mass is 275 g/mol. The summed E-state index contributed by atoms with van der Waals surface area (Å²) in [5.41, 5.74) is 1.99. The third-order valence-corrected chi connectivity index (χ3v) is 5.17. The number of hydrogen-bond acceptors (Lipinski definition) is 3. The quantitative estimate of drug-likeness (QED) is 0.872. The second kappa shape index (κ2) is 5.38. The summed E-state index contributed by atoms with van der Waals surface area (Å²) in [4.78, 5) is 0.